The number of carbonyl (C=O) groups is 2. The molecule has 0 bridgehead atoms. The van der Waals surface area contributed by atoms with E-state index in [1.807, 2.05) is 24.3 Å². The summed E-state index contributed by atoms with van der Waals surface area (Å²) in [6.07, 6.45) is 0. The number of benzene rings is 3. The molecule has 0 aliphatic carbocycles. The monoisotopic (exact) mass is 553 g/mol. The fourth-order valence-electron chi connectivity index (χ4n) is 3.83. The standard InChI is InChI=1S/C26H17Cl2N3O3S2/c27-18-10-6-15(7-11-18)14-35-26-30-29-25(36-26)31-21(16-8-12-19(28)13-9-16)20(23(33)24(31)34)22(32)17-4-2-1-3-5-17/h1-13,21,32H,14H2/b22-20-. The second kappa shape index (κ2) is 10.4. The maximum absolute atomic E-state index is 13.2. The number of hydrogen-bond donors (Lipinski definition) is 1. The van der Waals surface area contributed by atoms with E-state index in [1.54, 1.807) is 54.6 Å². The van der Waals surface area contributed by atoms with Gasteiger partial charge in [-0.3, -0.25) is 14.5 Å². The van der Waals surface area contributed by atoms with Gasteiger partial charge in [0.25, 0.3) is 5.78 Å². The molecule has 1 aliphatic rings. The van der Waals surface area contributed by atoms with Crippen molar-refractivity contribution in [2.24, 2.45) is 0 Å². The largest absolute Gasteiger partial charge is 0.507 e. The van der Waals surface area contributed by atoms with Crippen molar-refractivity contribution in [1.29, 1.82) is 0 Å². The van der Waals surface area contributed by atoms with Crippen LogP contribution >= 0.6 is 46.3 Å². The summed E-state index contributed by atoms with van der Waals surface area (Å²) >= 11 is 14.7. The van der Waals surface area contributed by atoms with E-state index in [0.717, 1.165) is 5.56 Å². The molecule has 1 saturated heterocycles. The maximum atomic E-state index is 13.2. The van der Waals surface area contributed by atoms with Gasteiger partial charge in [-0.2, -0.15) is 0 Å². The summed E-state index contributed by atoms with van der Waals surface area (Å²) in [5.74, 6) is -1.18. The summed E-state index contributed by atoms with van der Waals surface area (Å²) < 4.78 is 0.639. The van der Waals surface area contributed by atoms with Crippen LogP contribution in [0.5, 0.6) is 0 Å². The van der Waals surface area contributed by atoms with Crippen LogP contribution in [-0.2, 0) is 15.3 Å². The van der Waals surface area contributed by atoms with Crippen LogP contribution in [-0.4, -0.2) is 27.0 Å². The number of nitrogens with zero attached hydrogens (tertiary/aromatic N) is 3. The average molecular weight is 554 g/mol. The Hall–Kier alpha value is -3.17. The Morgan fingerprint density at radius 1 is 0.917 bits per heavy atom. The lowest BCUT2D eigenvalue weighted by molar-refractivity contribution is -0.132. The lowest BCUT2D eigenvalue weighted by atomic mass is 9.95. The highest BCUT2D eigenvalue weighted by atomic mass is 35.5. The van der Waals surface area contributed by atoms with E-state index < -0.39 is 17.7 Å². The van der Waals surface area contributed by atoms with Gasteiger partial charge in [0, 0.05) is 21.4 Å². The quantitative estimate of drug-likeness (QED) is 0.0932. The summed E-state index contributed by atoms with van der Waals surface area (Å²) in [5, 5.41) is 21.0. The Kier molecular flexibility index (Phi) is 7.11. The molecular weight excluding hydrogens is 537 g/mol. The smallest absolute Gasteiger partial charge is 0.301 e. The number of hydrogen-bond acceptors (Lipinski definition) is 7. The fraction of sp³-hybridized carbons (Fsp3) is 0.0769. The van der Waals surface area contributed by atoms with Crippen LogP contribution in [0.2, 0.25) is 10.0 Å². The predicted octanol–water partition coefficient (Wildman–Crippen LogP) is 6.76. The van der Waals surface area contributed by atoms with E-state index in [0.29, 0.717) is 31.3 Å². The van der Waals surface area contributed by atoms with Gasteiger partial charge in [0.2, 0.25) is 5.13 Å². The van der Waals surface area contributed by atoms with Crippen molar-refractivity contribution in [3.63, 3.8) is 0 Å². The fourth-order valence-corrected chi connectivity index (χ4v) is 5.90. The predicted molar refractivity (Wildman–Crippen MR) is 144 cm³/mol. The Bertz CT molecular complexity index is 1460. The molecule has 1 N–H and O–H groups in total. The van der Waals surface area contributed by atoms with Gasteiger partial charge in [0.05, 0.1) is 11.6 Å². The molecule has 1 fully saturated rings. The first-order valence-corrected chi connectivity index (χ1v) is 13.3. The third-order valence-electron chi connectivity index (χ3n) is 5.55. The van der Waals surface area contributed by atoms with E-state index in [4.69, 9.17) is 23.2 Å². The van der Waals surface area contributed by atoms with Crippen LogP contribution in [0.15, 0.2) is 88.8 Å². The number of ketones is 1. The van der Waals surface area contributed by atoms with Gasteiger partial charge >= 0.3 is 5.91 Å². The van der Waals surface area contributed by atoms with Gasteiger partial charge in [-0.15, -0.1) is 10.2 Å². The summed E-state index contributed by atoms with van der Waals surface area (Å²) in [6, 6.07) is 22.1. The van der Waals surface area contributed by atoms with Crippen molar-refractivity contribution >= 4 is 68.9 Å². The topological polar surface area (TPSA) is 83.4 Å². The zero-order valence-electron chi connectivity index (χ0n) is 18.5. The minimum Gasteiger partial charge on any atom is -0.507 e. The molecule has 4 aromatic rings. The summed E-state index contributed by atoms with van der Waals surface area (Å²) in [6.45, 7) is 0. The highest BCUT2D eigenvalue weighted by Crippen LogP contribution is 2.44. The van der Waals surface area contributed by atoms with Crippen molar-refractivity contribution < 1.29 is 14.7 Å². The molecule has 0 radical (unpaired) electrons. The molecule has 6 nitrogen and oxygen atoms in total. The molecule has 180 valence electrons. The average Bonchev–Trinajstić information content (AvgIpc) is 3.46. The number of aromatic nitrogens is 2. The highest BCUT2D eigenvalue weighted by Gasteiger charge is 2.48. The number of anilines is 1. The van der Waals surface area contributed by atoms with Crippen molar-refractivity contribution in [3.05, 3.63) is 111 Å². The Morgan fingerprint density at radius 3 is 2.22 bits per heavy atom. The number of rotatable bonds is 6. The highest BCUT2D eigenvalue weighted by molar-refractivity contribution is 8.00. The van der Waals surface area contributed by atoms with Crippen LogP contribution < -0.4 is 4.90 Å². The van der Waals surface area contributed by atoms with E-state index in [2.05, 4.69) is 10.2 Å². The van der Waals surface area contributed by atoms with E-state index in [9.17, 15) is 14.7 Å². The molecule has 36 heavy (non-hydrogen) atoms. The minimum atomic E-state index is -0.885. The molecular formula is C26H17Cl2N3O3S2. The summed E-state index contributed by atoms with van der Waals surface area (Å²) in [7, 11) is 0. The third-order valence-corrected chi connectivity index (χ3v) is 8.19. The van der Waals surface area contributed by atoms with Crippen molar-refractivity contribution in [1.82, 2.24) is 10.2 Å². The lowest BCUT2D eigenvalue weighted by Gasteiger charge is -2.22. The molecule has 1 atom stereocenters. The van der Waals surface area contributed by atoms with Crippen LogP contribution in [0.3, 0.4) is 0 Å². The van der Waals surface area contributed by atoms with Gasteiger partial charge in [-0.25, -0.2) is 0 Å². The van der Waals surface area contributed by atoms with Gasteiger partial charge in [-0.1, -0.05) is 101 Å². The lowest BCUT2D eigenvalue weighted by Crippen LogP contribution is -2.29. The van der Waals surface area contributed by atoms with Crippen LogP contribution in [0.1, 0.15) is 22.7 Å². The number of amides is 1. The van der Waals surface area contributed by atoms with Crippen LogP contribution in [0.25, 0.3) is 5.76 Å². The van der Waals surface area contributed by atoms with Crippen LogP contribution in [0.4, 0.5) is 5.13 Å². The summed E-state index contributed by atoms with van der Waals surface area (Å²) in [5.41, 5.74) is 2.09. The van der Waals surface area contributed by atoms with Crippen LogP contribution in [0, 0.1) is 0 Å². The molecule has 1 unspecified atom stereocenters. The van der Waals surface area contributed by atoms with Crippen molar-refractivity contribution in [2.45, 2.75) is 16.1 Å². The first-order chi connectivity index (χ1) is 17.4. The first-order valence-electron chi connectivity index (χ1n) is 10.7. The molecule has 2 heterocycles. The Balaban J connectivity index is 1.52. The molecule has 0 saturated carbocycles. The number of aliphatic hydroxyl groups is 1. The third kappa shape index (κ3) is 4.90. The number of Topliss-reactive ketones (excluding diaryl/α,β-unsaturated/α-hetero) is 1. The van der Waals surface area contributed by atoms with E-state index in [1.165, 1.54) is 28.0 Å². The Morgan fingerprint density at radius 2 is 1.56 bits per heavy atom. The first kappa shape index (κ1) is 24.5. The number of thioether (sulfide) groups is 1. The molecule has 0 spiro atoms. The van der Waals surface area contributed by atoms with Gasteiger partial charge in [-0.05, 0) is 35.4 Å². The van der Waals surface area contributed by atoms with Gasteiger partial charge in [0.1, 0.15) is 5.76 Å². The Labute approximate surface area is 225 Å². The SMILES string of the molecule is O=C1C(=O)N(c2nnc(SCc3ccc(Cl)cc3)s2)C(c2ccc(Cl)cc2)/C1=C(/O)c1ccccc1. The molecule has 5 rings (SSSR count). The maximum Gasteiger partial charge on any atom is 0.301 e. The number of carbonyl (C=O) groups excluding carboxylic acids is 2. The molecule has 1 aromatic heterocycles. The number of halogens is 2. The van der Waals surface area contributed by atoms with E-state index >= 15 is 0 Å². The summed E-state index contributed by atoms with van der Waals surface area (Å²) in [4.78, 5) is 27.7. The molecule has 10 heteroatoms. The van der Waals surface area contributed by atoms with Gasteiger partial charge < -0.3 is 5.11 Å². The normalized spacial score (nSPS) is 17.1. The number of aliphatic hydroxyl groups excluding tert-OH is 1. The van der Waals surface area contributed by atoms with Crippen molar-refractivity contribution in [2.75, 3.05) is 4.90 Å². The molecule has 1 amide bonds. The minimum absolute atomic E-state index is 0.0147. The molecule has 1 aliphatic heterocycles. The zero-order valence-corrected chi connectivity index (χ0v) is 21.6. The van der Waals surface area contributed by atoms with E-state index in [-0.39, 0.29) is 16.5 Å². The van der Waals surface area contributed by atoms with Gasteiger partial charge in [0.15, 0.2) is 4.34 Å². The zero-order chi connectivity index (χ0) is 25.2. The van der Waals surface area contributed by atoms with Crippen molar-refractivity contribution in [3.8, 4) is 0 Å². The molecule has 3 aromatic carbocycles. The second-order valence-electron chi connectivity index (χ2n) is 7.85. The second-order valence-corrected chi connectivity index (χ2v) is 10.9.